The third kappa shape index (κ3) is 2.67. The summed E-state index contributed by atoms with van der Waals surface area (Å²) in [4.78, 5) is 34.6. The minimum atomic E-state index is -0.958. The van der Waals surface area contributed by atoms with E-state index in [1.165, 1.54) is 4.90 Å². The van der Waals surface area contributed by atoms with Crippen LogP contribution >= 0.6 is 0 Å². The largest absolute Gasteiger partial charge is 0.480 e. The lowest BCUT2D eigenvalue weighted by atomic mass is 10.1. The number of H-pyrrole nitrogens is 1. The van der Waals surface area contributed by atoms with E-state index >= 15 is 0 Å². The molecule has 0 aliphatic carbocycles. The van der Waals surface area contributed by atoms with Crippen molar-refractivity contribution in [1.29, 1.82) is 0 Å². The number of fused-ring (bicyclic) bond motifs is 1. The van der Waals surface area contributed by atoms with Gasteiger partial charge < -0.3 is 19.9 Å². The van der Waals surface area contributed by atoms with E-state index in [1.54, 1.807) is 12.4 Å². The van der Waals surface area contributed by atoms with Gasteiger partial charge in [0.25, 0.3) is 0 Å². The van der Waals surface area contributed by atoms with Crippen LogP contribution in [-0.2, 0) is 16.0 Å². The zero-order valence-corrected chi connectivity index (χ0v) is 12.3. The molecule has 1 aliphatic heterocycles. The molecule has 0 aromatic carbocycles. The van der Waals surface area contributed by atoms with Crippen molar-refractivity contribution in [2.75, 3.05) is 26.7 Å². The van der Waals surface area contributed by atoms with Gasteiger partial charge in [0, 0.05) is 37.4 Å². The van der Waals surface area contributed by atoms with E-state index in [9.17, 15) is 14.7 Å². The second kappa shape index (κ2) is 5.76. The van der Waals surface area contributed by atoms with Gasteiger partial charge in [-0.2, -0.15) is 0 Å². The third-order valence-electron chi connectivity index (χ3n) is 4.07. The van der Waals surface area contributed by atoms with E-state index in [1.807, 2.05) is 24.1 Å². The summed E-state index contributed by atoms with van der Waals surface area (Å²) < 4.78 is 0. The van der Waals surface area contributed by atoms with Gasteiger partial charge in [-0.1, -0.05) is 0 Å². The molecule has 2 aromatic rings. The minimum absolute atomic E-state index is 0.162. The Morgan fingerprint density at radius 1 is 1.45 bits per heavy atom. The van der Waals surface area contributed by atoms with Gasteiger partial charge in [0.05, 0.1) is 6.42 Å². The van der Waals surface area contributed by atoms with E-state index in [2.05, 4.69) is 9.97 Å². The number of likely N-dealkylation sites (N-methyl/N-ethyl adjacent to an activating group) is 1. The number of carbonyl (C=O) groups excluding carboxylic acids is 1. The number of nitrogens with zero attached hydrogens (tertiary/aromatic N) is 3. The molecule has 3 heterocycles. The predicted molar refractivity (Wildman–Crippen MR) is 80.4 cm³/mol. The highest BCUT2D eigenvalue weighted by molar-refractivity contribution is 5.89. The van der Waals surface area contributed by atoms with Gasteiger partial charge in [0.2, 0.25) is 5.91 Å². The van der Waals surface area contributed by atoms with E-state index in [0.29, 0.717) is 19.6 Å². The van der Waals surface area contributed by atoms with Gasteiger partial charge in [-0.25, -0.2) is 9.78 Å². The zero-order valence-electron chi connectivity index (χ0n) is 12.3. The molecule has 2 N–H and O–H groups in total. The van der Waals surface area contributed by atoms with Crippen LogP contribution in [0.3, 0.4) is 0 Å². The van der Waals surface area contributed by atoms with Crippen LogP contribution in [0, 0.1) is 0 Å². The molecule has 116 valence electrons. The third-order valence-corrected chi connectivity index (χ3v) is 4.07. The van der Waals surface area contributed by atoms with Gasteiger partial charge in [0.1, 0.15) is 11.7 Å². The average Bonchev–Trinajstić information content (AvgIpc) is 2.90. The number of amides is 1. The molecule has 7 heteroatoms. The standard InChI is InChI=1S/C15H18N4O3/c1-18-5-6-19(12(9-18)15(21)22)13(20)7-10-8-17-14-11(10)3-2-4-16-14/h2-4,8,12H,5-7,9H2,1H3,(H,16,17)(H,21,22). The normalized spacial score (nSPS) is 19.5. The number of piperazine rings is 1. The van der Waals surface area contributed by atoms with Gasteiger partial charge >= 0.3 is 5.97 Å². The summed E-state index contributed by atoms with van der Waals surface area (Å²) in [6.07, 6.45) is 3.63. The van der Waals surface area contributed by atoms with Gasteiger partial charge in [0.15, 0.2) is 0 Å². The number of aliphatic carboxylic acids is 1. The number of pyridine rings is 1. The fourth-order valence-electron chi connectivity index (χ4n) is 2.85. The molecular formula is C15H18N4O3. The summed E-state index contributed by atoms with van der Waals surface area (Å²) in [5.74, 6) is -1.12. The molecule has 0 saturated carbocycles. The molecule has 0 spiro atoms. The number of hydrogen-bond acceptors (Lipinski definition) is 4. The van der Waals surface area contributed by atoms with Crippen LogP contribution in [0.1, 0.15) is 5.56 Å². The van der Waals surface area contributed by atoms with Crippen molar-refractivity contribution >= 4 is 22.9 Å². The molecule has 2 aromatic heterocycles. The molecule has 1 aliphatic rings. The number of carboxylic acids is 1. The van der Waals surface area contributed by atoms with E-state index in [4.69, 9.17) is 0 Å². The lowest BCUT2D eigenvalue weighted by Crippen LogP contribution is -2.57. The Hall–Kier alpha value is -2.41. The molecule has 0 bridgehead atoms. The van der Waals surface area contributed by atoms with Crippen molar-refractivity contribution in [2.45, 2.75) is 12.5 Å². The Morgan fingerprint density at radius 2 is 2.27 bits per heavy atom. The molecule has 22 heavy (non-hydrogen) atoms. The SMILES string of the molecule is CN1CCN(C(=O)Cc2c[nH]c3ncccc23)C(C(=O)O)C1. The summed E-state index contributed by atoms with van der Waals surface area (Å²) >= 11 is 0. The quantitative estimate of drug-likeness (QED) is 0.853. The maximum Gasteiger partial charge on any atom is 0.327 e. The summed E-state index contributed by atoms with van der Waals surface area (Å²) in [7, 11) is 1.86. The molecule has 0 radical (unpaired) electrons. The van der Waals surface area contributed by atoms with Crippen LogP contribution in [0.4, 0.5) is 0 Å². The Balaban J connectivity index is 1.80. The molecule has 1 saturated heterocycles. The summed E-state index contributed by atoms with van der Waals surface area (Å²) in [6, 6.07) is 2.94. The highest BCUT2D eigenvalue weighted by Gasteiger charge is 2.34. The minimum Gasteiger partial charge on any atom is -0.480 e. The number of aromatic nitrogens is 2. The molecule has 3 rings (SSSR count). The van der Waals surface area contributed by atoms with E-state index in [0.717, 1.165) is 16.6 Å². The number of carbonyl (C=O) groups is 2. The Kier molecular flexibility index (Phi) is 3.81. The van der Waals surface area contributed by atoms with Crippen LogP contribution in [-0.4, -0.2) is 69.5 Å². The van der Waals surface area contributed by atoms with Crippen molar-refractivity contribution in [2.24, 2.45) is 0 Å². The van der Waals surface area contributed by atoms with Crippen molar-refractivity contribution < 1.29 is 14.7 Å². The first-order valence-corrected chi connectivity index (χ1v) is 7.18. The maximum atomic E-state index is 12.5. The number of hydrogen-bond donors (Lipinski definition) is 2. The Labute approximate surface area is 127 Å². The second-order valence-corrected chi connectivity index (χ2v) is 5.59. The zero-order chi connectivity index (χ0) is 15.7. The first kappa shape index (κ1) is 14.5. The van der Waals surface area contributed by atoms with E-state index < -0.39 is 12.0 Å². The monoisotopic (exact) mass is 302 g/mol. The summed E-state index contributed by atoms with van der Waals surface area (Å²) in [5.41, 5.74) is 1.58. The second-order valence-electron chi connectivity index (χ2n) is 5.59. The molecule has 1 atom stereocenters. The van der Waals surface area contributed by atoms with Crippen molar-refractivity contribution in [3.8, 4) is 0 Å². The molecule has 1 fully saturated rings. The maximum absolute atomic E-state index is 12.5. The lowest BCUT2D eigenvalue weighted by Gasteiger charge is -2.37. The number of rotatable bonds is 3. The van der Waals surface area contributed by atoms with Crippen LogP contribution in [0.25, 0.3) is 11.0 Å². The van der Waals surface area contributed by atoms with Crippen LogP contribution in [0.2, 0.25) is 0 Å². The van der Waals surface area contributed by atoms with Crippen LogP contribution in [0.5, 0.6) is 0 Å². The number of nitrogens with one attached hydrogen (secondary N) is 1. The smallest absolute Gasteiger partial charge is 0.327 e. The van der Waals surface area contributed by atoms with E-state index in [-0.39, 0.29) is 12.3 Å². The molecule has 7 nitrogen and oxygen atoms in total. The van der Waals surface area contributed by atoms with Crippen molar-refractivity contribution in [1.82, 2.24) is 19.8 Å². The fraction of sp³-hybridized carbons (Fsp3) is 0.400. The molecular weight excluding hydrogens is 284 g/mol. The van der Waals surface area contributed by atoms with Crippen LogP contribution in [0.15, 0.2) is 24.5 Å². The number of carboxylic acid groups (broad SMARTS) is 1. The van der Waals surface area contributed by atoms with Crippen LogP contribution < -0.4 is 0 Å². The first-order chi connectivity index (χ1) is 10.6. The Morgan fingerprint density at radius 3 is 3.05 bits per heavy atom. The van der Waals surface area contributed by atoms with Crippen molar-refractivity contribution in [3.63, 3.8) is 0 Å². The molecule has 1 unspecified atom stereocenters. The van der Waals surface area contributed by atoms with Crippen molar-refractivity contribution in [3.05, 3.63) is 30.1 Å². The summed E-state index contributed by atoms with van der Waals surface area (Å²) in [6.45, 7) is 1.48. The summed E-state index contributed by atoms with van der Waals surface area (Å²) in [5, 5.41) is 10.2. The van der Waals surface area contributed by atoms with Gasteiger partial charge in [-0.05, 0) is 24.7 Å². The lowest BCUT2D eigenvalue weighted by molar-refractivity contribution is -0.153. The Bertz CT molecular complexity index is 712. The predicted octanol–water partition coefficient (Wildman–Crippen LogP) is 0.333. The topological polar surface area (TPSA) is 89.5 Å². The van der Waals surface area contributed by atoms with Gasteiger partial charge in [-0.15, -0.1) is 0 Å². The highest BCUT2D eigenvalue weighted by Crippen LogP contribution is 2.18. The molecule has 1 amide bonds. The fourth-order valence-corrected chi connectivity index (χ4v) is 2.85. The first-order valence-electron chi connectivity index (χ1n) is 7.18. The highest BCUT2D eigenvalue weighted by atomic mass is 16.4. The average molecular weight is 302 g/mol. The number of aromatic amines is 1. The van der Waals surface area contributed by atoms with Gasteiger partial charge in [-0.3, -0.25) is 4.79 Å².